The zero-order valence-corrected chi connectivity index (χ0v) is 15.0. The lowest BCUT2D eigenvalue weighted by Crippen LogP contribution is -2.23. The third-order valence-corrected chi connectivity index (χ3v) is 5.53. The van der Waals surface area contributed by atoms with Gasteiger partial charge in [0.05, 0.1) is 15.6 Å². The molecule has 0 N–H and O–H groups in total. The van der Waals surface area contributed by atoms with E-state index in [0.29, 0.717) is 14.5 Å². The molecule has 2 aromatic carbocycles. The van der Waals surface area contributed by atoms with Crippen LogP contribution in [-0.2, 0) is 0 Å². The van der Waals surface area contributed by atoms with Gasteiger partial charge in [-0.25, -0.2) is 9.38 Å². The van der Waals surface area contributed by atoms with Crippen LogP contribution in [0.2, 0.25) is 5.02 Å². The van der Waals surface area contributed by atoms with Gasteiger partial charge < -0.3 is 4.57 Å². The summed E-state index contributed by atoms with van der Waals surface area (Å²) >= 11 is 7.38. The van der Waals surface area contributed by atoms with Gasteiger partial charge in [0, 0.05) is 22.6 Å². The number of rotatable bonds is 2. The lowest BCUT2D eigenvalue weighted by molar-refractivity contribution is 1.06. The molecule has 126 valence electrons. The zero-order valence-electron chi connectivity index (χ0n) is 13.5. The van der Waals surface area contributed by atoms with Gasteiger partial charge in [0.2, 0.25) is 0 Å². The first-order valence-electron chi connectivity index (χ1n) is 8.06. The summed E-state index contributed by atoms with van der Waals surface area (Å²) in [5.41, 5.74) is 3.56. The number of benzene rings is 2. The Morgan fingerprint density at radius 2 is 1.81 bits per heavy atom. The molecule has 5 rings (SSSR count). The summed E-state index contributed by atoms with van der Waals surface area (Å²) in [7, 11) is 0. The fourth-order valence-electron chi connectivity index (χ4n) is 3.09. The lowest BCUT2D eigenvalue weighted by atomic mass is 10.3. The minimum atomic E-state index is -0.0393. The number of aromatic nitrogens is 3. The van der Waals surface area contributed by atoms with Gasteiger partial charge in [-0.3, -0.25) is 4.79 Å². The first-order valence-corrected chi connectivity index (χ1v) is 9.25. The Morgan fingerprint density at radius 3 is 2.65 bits per heavy atom. The summed E-state index contributed by atoms with van der Waals surface area (Å²) in [5.74, 6) is 0. The van der Waals surface area contributed by atoms with Gasteiger partial charge >= 0.3 is 0 Å². The molecule has 4 nitrogen and oxygen atoms in total. The number of nitrogens with zero attached hydrogens (tertiary/aromatic N) is 3. The molecule has 0 atom stereocenters. The second-order valence-electron chi connectivity index (χ2n) is 5.91. The van der Waals surface area contributed by atoms with Crippen molar-refractivity contribution in [3.05, 3.63) is 92.5 Å². The lowest BCUT2D eigenvalue weighted by Gasteiger charge is -2.06. The molecule has 0 fully saturated rings. The fourth-order valence-corrected chi connectivity index (χ4v) is 4.19. The molecule has 6 heteroatoms. The summed E-state index contributed by atoms with van der Waals surface area (Å²) in [4.78, 5) is 18.2. The topological polar surface area (TPSA) is 39.3 Å². The summed E-state index contributed by atoms with van der Waals surface area (Å²) < 4.78 is 4.37. The number of hydrogen-bond donors (Lipinski definition) is 0. The van der Waals surface area contributed by atoms with E-state index < -0.39 is 0 Å². The molecule has 26 heavy (non-hydrogen) atoms. The van der Waals surface area contributed by atoms with Crippen molar-refractivity contribution in [3.8, 4) is 5.69 Å². The van der Waals surface area contributed by atoms with Crippen LogP contribution in [0.4, 0.5) is 0 Å². The van der Waals surface area contributed by atoms with E-state index in [4.69, 9.17) is 11.6 Å². The summed E-state index contributed by atoms with van der Waals surface area (Å²) in [6.07, 6.45) is 3.87. The molecule has 3 heterocycles. The van der Waals surface area contributed by atoms with E-state index in [1.807, 2.05) is 77.5 Å². The van der Waals surface area contributed by atoms with Crippen LogP contribution < -0.4 is 10.1 Å². The van der Waals surface area contributed by atoms with Crippen LogP contribution in [0.25, 0.3) is 27.8 Å². The molecule has 0 aliphatic heterocycles. The molecule has 0 radical (unpaired) electrons. The van der Waals surface area contributed by atoms with Crippen LogP contribution in [0.3, 0.4) is 0 Å². The van der Waals surface area contributed by atoms with E-state index in [9.17, 15) is 4.79 Å². The first kappa shape index (κ1) is 15.4. The highest BCUT2D eigenvalue weighted by molar-refractivity contribution is 7.15. The smallest absolute Gasteiger partial charge is 0.275 e. The standard InChI is InChI=1S/C20H12ClN3OS/c21-13-7-9-14(10-8-13)23-11-3-4-15(23)12-18-19(25)24-17-6-2-1-5-16(17)22-20(24)26-18/h1-12H. The summed E-state index contributed by atoms with van der Waals surface area (Å²) in [6, 6.07) is 19.2. The minimum absolute atomic E-state index is 0.0393. The summed E-state index contributed by atoms with van der Waals surface area (Å²) in [5, 5.41) is 0.694. The Kier molecular flexibility index (Phi) is 3.45. The van der Waals surface area contributed by atoms with Gasteiger partial charge in [-0.2, -0.15) is 0 Å². The van der Waals surface area contributed by atoms with E-state index in [-0.39, 0.29) is 5.56 Å². The molecule has 5 aromatic rings. The number of halogens is 1. The molecular formula is C20H12ClN3OS. The van der Waals surface area contributed by atoms with E-state index in [0.717, 1.165) is 22.4 Å². The molecule has 0 saturated carbocycles. The first-order chi connectivity index (χ1) is 12.7. The third kappa shape index (κ3) is 2.36. The van der Waals surface area contributed by atoms with Crippen LogP contribution >= 0.6 is 22.9 Å². The van der Waals surface area contributed by atoms with Crippen molar-refractivity contribution in [2.75, 3.05) is 0 Å². The molecule has 0 aliphatic rings. The average molecular weight is 378 g/mol. The molecule has 0 amide bonds. The Bertz CT molecular complexity index is 1360. The number of hydrogen-bond acceptors (Lipinski definition) is 3. The van der Waals surface area contributed by atoms with Crippen molar-refractivity contribution >= 4 is 45.0 Å². The molecule has 0 bridgehead atoms. The van der Waals surface area contributed by atoms with Crippen LogP contribution in [-0.4, -0.2) is 14.0 Å². The normalized spacial score (nSPS) is 12.4. The Morgan fingerprint density at radius 1 is 1.00 bits per heavy atom. The van der Waals surface area contributed by atoms with Crippen LogP contribution in [0.15, 0.2) is 71.7 Å². The molecule has 3 aromatic heterocycles. The van der Waals surface area contributed by atoms with Crippen LogP contribution in [0, 0.1) is 0 Å². The van der Waals surface area contributed by atoms with Crippen molar-refractivity contribution in [1.29, 1.82) is 0 Å². The number of fused-ring (bicyclic) bond motifs is 3. The number of imidazole rings is 1. The predicted molar refractivity (Wildman–Crippen MR) is 106 cm³/mol. The van der Waals surface area contributed by atoms with Gasteiger partial charge in [0.25, 0.3) is 5.56 Å². The molecule has 0 aliphatic carbocycles. The maximum Gasteiger partial charge on any atom is 0.275 e. The Balaban J connectivity index is 1.71. The fraction of sp³-hybridized carbons (Fsp3) is 0. The van der Waals surface area contributed by atoms with Crippen molar-refractivity contribution in [2.45, 2.75) is 0 Å². The molecule has 0 spiro atoms. The molecule has 0 saturated heterocycles. The second-order valence-corrected chi connectivity index (χ2v) is 7.36. The summed E-state index contributed by atoms with van der Waals surface area (Å²) in [6.45, 7) is 0. The van der Waals surface area contributed by atoms with Gasteiger partial charge in [-0.05, 0) is 54.6 Å². The van der Waals surface area contributed by atoms with E-state index >= 15 is 0 Å². The van der Waals surface area contributed by atoms with Crippen molar-refractivity contribution in [3.63, 3.8) is 0 Å². The van der Waals surface area contributed by atoms with Gasteiger partial charge in [-0.15, -0.1) is 0 Å². The zero-order chi connectivity index (χ0) is 17.7. The van der Waals surface area contributed by atoms with Gasteiger partial charge in [0.15, 0.2) is 4.96 Å². The monoisotopic (exact) mass is 377 g/mol. The minimum Gasteiger partial charge on any atom is -0.317 e. The molecule has 0 unspecified atom stereocenters. The maximum absolute atomic E-state index is 12.9. The van der Waals surface area contributed by atoms with Gasteiger partial charge in [0.1, 0.15) is 0 Å². The van der Waals surface area contributed by atoms with E-state index in [1.54, 1.807) is 4.40 Å². The highest BCUT2D eigenvalue weighted by Gasteiger charge is 2.11. The largest absolute Gasteiger partial charge is 0.317 e. The van der Waals surface area contributed by atoms with E-state index in [2.05, 4.69) is 4.98 Å². The number of para-hydroxylation sites is 2. The third-order valence-electron chi connectivity index (χ3n) is 4.31. The molecular weight excluding hydrogens is 366 g/mol. The quantitative estimate of drug-likeness (QED) is 0.468. The van der Waals surface area contributed by atoms with Crippen molar-refractivity contribution in [2.24, 2.45) is 0 Å². The Labute approximate surface area is 157 Å². The SMILES string of the molecule is O=c1c(=Cc2cccn2-c2ccc(Cl)cc2)sc2nc3ccccc3n12. The average Bonchev–Trinajstić information content (AvgIpc) is 3.32. The van der Waals surface area contributed by atoms with E-state index in [1.165, 1.54) is 11.3 Å². The van der Waals surface area contributed by atoms with Crippen LogP contribution in [0.1, 0.15) is 5.69 Å². The number of thiazole rings is 1. The van der Waals surface area contributed by atoms with Crippen LogP contribution in [0.5, 0.6) is 0 Å². The van der Waals surface area contributed by atoms with Crippen molar-refractivity contribution < 1.29 is 0 Å². The van der Waals surface area contributed by atoms with Crippen molar-refractivity contribution in [1.82, 2.24) is 14.0 Å². The highest BCUT2D eigenvalue weighted by atomic mass is 35.5. The van der Waals surface area contributed by atoms with Gasteiger partial charge in [-0.1, -0.05) is 35.1 Å². The highest BCUT2D eigenvalue weighted by Crippen LogP contribution is 2.18. The second kappa shape index (κ2) is 5.83. The maximum atomic E-state index is 12.9. The predicted octanol–water partition coefficient (Wildman–Crippen LogP) is 3.90. The Hall–Kier alpha value is -2.89.